The average Bonchev–Trinajstić information content (AvgIpc) is 3.37. The van der Waals surface area contributed by atoms with Crippen LogP contribution in [0.2, 0.25) is 5.04 Å². The van der Waals surface area contributed by atoms with Crippen LogP contribution in [0, 0.1) is 6.92 Å². The number of H-pyrrole nitrogens is 1. The number of hydrogen-bond acceptors (Lipinski definition) is 7. The molecule has 0 spiro atoms. The van der Waals surface area contributed by atoms with Gasteiger partial charge in [-0.05, 0) is 33.4 Å². The Labute approximate surface area is 268 Å². The van der Waals surface area contributed by atoms with E-state index in [2.05, 4.69) is 60.0 Å². The molecule has 0 amide bonds. The quantitative estimate of drug-likeness (QED) is 0.110. The molecule has 0 radical (unpaired) electrons. The van der Waals surface area contributed by atoms with E-state index in [1.54, 1.807) is 6.92 Å². The number of aliphatic hydroxyl groups excluding tert-OH is 1. The third-order valence-corrected chi connectivity index (χ3v) is 13.4. The smallest absolute Gasteiger partial charge is 0.330 e. The van der Waals surface area contributed by atoms with Crippen LogP contribution in [-0.2, 0) is 20.5 Å². The van der Waals surface area contributed by atoms with Gasteiger partial charge in [-0.3, -0.25) is 14.3 Å². The Kier molecular flexibility index (Phi) is 10.1. The summed E-state index contributed by atoms with van der Waals surface area (Å²) >= 11 is 0. The topological polar surface area (TPSA) is 152 Å². The van der Waals surface area contributed by atoms with Gasteiger partial charge < -0.3 is 19.0 Å². The van der Waals surface area contributed by atoms with Crippen LogP contribution in [0.25, 0.3) is 10.4 Å². The molecule has 1 fully saturated rings. The summed E-state index contributed by atoms with van der Waals surface area (Å²) in [6.45, 7) is 8.07. The van der Waals surface area contributed by atoms with E-state index >= 15 is 0 Å². The van der Waals surface area contributed by atoms with Gasteiger partial charge in [-0.15, -0.1) is 0 Å². The summed E-state index contributed by atoms with van der Waals surface area (Å²) in [6.07, 6.45) is -3.24. The molecule has 2 heterocycles. The van der Waals surface area contributed by atoms with Gasteiger partial charge in [-0.25, -0.2) is 4.79 Å². The van der Waals surface area contributed by atoms with Crippen molar-refractivity contribution in [3.8, 4) is 0 Å². The molecule has 3 aromatic carbocycles. The number of nitrogens with one attached hydrogen (secondary N) is 1. The van der Waals surface area contributed by atoms with Gasteiger partial charge in [0.05, 0.1) is 18.8 Å². The van der Waals surface area contributed by atoms with Crippen molar-refractivity contribution in [2.45, 2.75) is 69.9 Å². The number of ether oxygens (including phenoxy) is 2. The first-order chi connectivity index (χ1) is 22.1. The molecule has 240 valence electrons. The number of aryl methyl sites for hydroxylation is 1. The van der Waals surface area contributed by atoms with E-state index in [0.717, 1.165) is 20.5 Å². The molecule has 1 aromatic heterocycles. The predicted octanol–water partition coefficient (Wildman–Crippen LogP) is 3.94. The monoisotopic (exact) mass is 641 g/mol. The minimum atomic E-state index is -3.04. The highest BCUT2D eigenvalue weighted by molar-refractivity contribution is 6.99. The first-order valence-corrected chi connectivity index (χ1v) is 17.1. The van der Waals surface area contributed by atoms with Crippen molar-refractivity contribution in [1.82, 2.24) is 9.55 Å². The number of nitrogens with zero attached hydrogens (tertiary/aromatic N) is 4. The fourth-order valence-corrected chi connectivity index (χ4v) is 10.8. The van der Waals surface area contributed by atoms with Gasteiger partial charge >= 0.3 is 5.69 Å². The van der Waals surface area contributed by atoms with Crippen molar-refractivity contribution in [2.75, 3.05) is 6.61 Å². The van der Waals surface area contributed by atoms with Gasteiger partial charge in [0.15, 0.2) is 6.23 Å². The number of aromatic nitrogens is 2. The Morgan fingerprint density at radius 1 is 1.00 bits per heavy atom. The SMILES string of the molecule is Cc1cn([C@@H]2O[C@H]([C@@H](CO[Si](c3ccccc3)(c3ccccc3)C(C)(C)C)N=[N+]=[N-])[C@@H](OCc3ccccc3)[C@H]2O)c(=O)[nH]c1=O. The van der Waals surface area contributed by atoms with Crippen LogP contribution in [0.4, 0.5) is 0 Å². The molecule has 5 rings (SSSR count). The number of benzene rings is 3. The van der Waals surface area contributed by atoms with Crippen molar-refractivity contribution < 1.29 is 19.0 Å². The lowest BCUT2D eigenvalue weighted by Gasteiger charge is -2.44. The van der Waals surface area contributed by atoms with Crippen molar-refractivity contribution >= 4 is 18.7 Å². The van der Waals surface area contributed by atoms with Gasteiger partial charge in [0.1, 0.15) is 12.2 Å². The summed E-state index contributed by atoms with van der Waals surface area (Å²) in [5, 5.41) is 17.5. The summed E-state index contributed by atoms with van der Waals surface area (Å²) < 4.78 is 20.8. The second kappa shape index (κ2) is 14.0. The predicted molar refractivity (Wildman–Crippen MR) is 178 cm³/mol. The molecule has 1 aliphatic heterocycles. The summed E-state index contributed by atoms with van der Waals surface area (Å²) in [7, 11) is -3.04. The Balaban J connectivity index is 1.55. The van der Waals surface area contributed by atoms with E-state index in [1.165, 1.54) is 6.20 Å². The zero-order chi connectivity index (χ0) is 32.9. The first-order valence-electron chi connectivity index (χ1n) is 15.2. The lowest BCUT2D eigenvalue weighted by atomic mass is 10.0. The maximum absolute atomic E-state index is 12.9. The standard InChI is InChI=1S/C34H39N5O6Si/c1-23-20-39(33(42)36-31(23)41)32-28(40)30(43-21-24-14-8-5-9-15-24)29(45-32)27(37-38-35)22-44-46(34(2,3)4,25-16-10-6-11-17-25)26-18-12-7-13-19-26/h5-20,27-30,32,40H,21-22H2,1-4H3,(H,36,41,42)/t27-,28-,29-,30+,32-/m1/s1. The third kappa shape index (κ3) is 6.63. The number of aromatic amines is 1. The zero-order valence-electron chi connectivity index (χ0n) is 26.3. The first kappa shape index (κ1) is 33.1. The van der Waals surface area contributed by atoms with Gasteiger partial charge in [-0.1, -0.05) is 117 Å². The molecule has 0 saturated carbocycles. The number of hydrogen-bond donors (Lipinski definition) is 2. The van der Waals surface area contributed by atoms with E-state index in [1.807, 2.05) is 66.7 Å². The van der Waals surface area contributed by atoms with Crippen LogP contribution >= 0.6 is 0 Å². The molecular formula is C34H39N5O6Si. The molecule has 0 bridgehead atoms. The molecule has 1 aliphatic rings. The van der Waals surface area contributed by atoms with Crippen LogP contribution in [0.1, 0.15) is 38.1 Å². The fraction of sp³-hybridized carbons (Fsp3) is 0.353. The molecule has 1 saturated heterocycles. The van der Waals surface area contributed by atoms with Crippen LogP contribution in [0.15, 0.2) is 112 Å². The molecule has 46 heavy (non-hydrogen) atoms. The number of aliphatic hydroxyl groups is 1. The zero-order valence-corrected chi connectivity index (χ0v) is 27.3. The highest BCUT2D eigenvalue weighted by atomic mass is 28.4. The minimum absolute atomic E-state index is 0.0494. The van der Waals surface area contributed by atoms with Gasteiger partial charge in [0.25, 0.3) is 13.9 Å². The van der Waals surface area contributed by atoms with Crippen LogP contribution in [0.5, 0.6) is 0 Å². The van der Waals surface area contributed by atoms with Crippen LogP contribution in [-0.4, -0.2) is 53.9 Å². The number of azide groups is 1. The van der Waals surface area contributed by atoms with Crippen molar-refractivity contribution in [1.29, 1.82) is 0 Å². The molecule has 11 nitrogen and oxygen atoms in total. The van der Waals surface area contributed by atoms with E-state index in [-0.39, 0.29) is 23.8 Å². The van der Waals surface area contributed by atoms with Crippen LogP contribution in [0.3, 0.4) is 0 Å². The second-order valence-corrected chi connectivity index (χ2v) is 16.8. The Morgan fingerprint density at radius 2 is 1.57 bits per heavy atom. The maximum Gasteiger partial charge on any atom is 0.330 e. The highest BCUT2D eigenvalue weighted by Crippen LogP contribution is 2.38. The van der Waals surface area contributed by atoms with Crippen molar-refractivity contribution in [3.05, 3.63) is 140 Å². The van der Waals surface area contributed by atoms with Gasteiger partial charge in [-0.2, -0.15) is 0 Å². The van der Waals surface area contributed by atoms with Crippen molar-refractivity contribution in [3.63, 3.8) is 0 Å². The van der Waals surface area contributed by atoms with E-state index in [0.29, 0.717) is 0 Å². The molecule has 5 atom stereocenters. The Hall–Kier alpha value is -4.29. The molecular weight excluding hydrogens is 602 g/mol. The number of rotatable bonds is 11. The Bertz CT molecular complexity index is 1730. The van der Waals surface area contributed by atoms with E-state index in [4.69, 9.17) is 13.9 Å². The minimum Gasteiger partial charge on any atom is -0.407 e. The normalized spacial score (nSPS) is 20.6. The lowest BCUT2D eigenvalue weighted by molar-refractivity contribution is -0.0608. The molecule has 2 N–H and O–H groups in total. The molecule has 0 unspecified atom stereocenters. The van der Waals surface area contributed by atoms with Crippen molar-refractivity contribution in [2.24, 2.45) is 5.11 Å². The summed E-state index contributed by atoms with van der Waals surface area (Å²) in [5.74, 6) is 0. The average molecular weight is 642 g/mol. The molecule has 0 aliphatic carbocycles. The van der Waals surface area contributed by atoms with E-state index < -0.39 is 50.1 Å². The summed E-state index contributed by atoms with van der Waals surface area (Å²) in [5.41, 5.74) is 9.58. The molecule has 12 heteroatoms. The summed E-state index contributed by atoms with van der Waals surface area (Å²) in [4.78, 5) is 30.4. The Morgan fingerprint density at radius 3 is 2.11 bits per heavy atom. The maximum atomic E-state index is 12.9. The second-order valence-electron chi connectivity index (χ2n) is 12.5. The van der Waals surface area contributed by atoms with Gasteiger partial charge in [0, 0.05) is 23.3 Å². The lowest BCUT2D eigenvalue weighted by Crippen LogP contribution is -2.67. The fourth-order valence-electron chi connectivity index (χ4n) is 6.18. The molecule has 4 aromatic rings. The largest absolute Gasteiger partial charge is 0.407 e. The summed E-state index contributed by atoms with van der Waals surface area (Å²) in [6, 6.07) is 28.6. The van der Waals surface area contributed by atoms with Crippen LogP contribution < -0.4 is 21.6 Å². The highest BCUT2D eigenvalue weighted by Gasteiger charge is 2.53. The van der Waals surface area contributed by atoms with Gasteiger partial charge in [0.2, 0.25) is 0 Å². The van der Waals surface area contributed by atoms with E-state index in [9.17, 15) is 20.2 Å². The third-order valence-electron chi connectivity index (χ3n) is 8.42.